The van der Waals surface area contributed by atoms with E-state index in [1.54, 1.807) is 18.2 Å². The highest BCUT2D eigenvalue weighted by Crippen LogP contribution is 2.23. The van der Waals surface area contributed by atoms with Crippen LogP contribution in [0.4, 0.5) is 10.1 Å². The predicted molar refractivity (Wildman–Crippen MR) is 105 cm³/mol. The summed E-state index contributed by atoms with van der Waals surface area (Å²) in [7, 11) is 0. The molecule has 1 N–H and O–H groups in total. The molecule has 5 nitrogen and oxygen atoms in total. The molecule has 2 aliphatic heterocycles. The number of rotatable bonds is 5. The molecule has 1 aromatic rings. The van der Waals surface area contributed by atoms with Crippen molar-refractivity contribution in [2.75, 3.05) is 38.0 Å². The van der Waals surface area contributed by atoms with Crippen molar-refractivity contribution in [3.05, 3.63) is 30.1 Å². The summed E-state index contributed by atoms with van der Waals surface area (Å²) in [6, 6.07) is 6.04. The molecule has 150 valence electrons. The summed E-state index contributed by atoms with van der Waals surface area (Å²) in [4.78, 5) is 17.2. The van der Waals surface area contributed by atoms with Gasteiger partial charge in [0.05, 0.1) is 23.9 Å². The Balaban J connectivity index is 1.45. The lowest BCUT2D eigenvalue weighted by atomic mass is 9.94. The van der Waals surface area contributed by atoms with Gasteiger partial charge in [0.1, 0.15) is 5.82 Å². The molecule has 27 heavy (non-hydrogen) atoms. The van der Waals surface area contributed by atoms with Gasteiger partial charge in [-0.1, -0.05) is 12.1 Å². The average Bonchev–Trinajstić information content (AvgIpc) is 2.63. The van der Waals surface area contributed by atoms with Gasteiger partial charge in [-0.3, -0.25) is 14.6 Å². The van der Waals surface area contributed by atoms with Gasteiger partial charge in [-0.15, -0.1) is 0 Å². The molecule has 6 heteroatoms. The second-order valence-electron chi connectivity index (χ2n) is 8.10. The van der Waals surface area contributed by atoms with E-state index in [9.17, 15) is 9.18 Å². The standard InChI is InChI=1S/C21H32FN3O2/c1-15-12-24(13-16(2)27-15)14-18-8-10-25(11-9-18)17(3)21(26)23-20-7-5-4-6-19(20)22/h4-7,15-18H,8-14H2,1-3H3,(H,23,26). The van der Waals surface area contributed by atoms with Gasteiger partial charge >= 0.3 is 0 Å². The quantitative estimate of drug-likeness (QED) is 0.857. The number of para-hydroxylation sites is 1. The topological polar surface area (TPSA) is 44.8 Å². The maximum absolute atomic E-state index is 13.7. The number of nitrogens with one attached hydrogen (secondary N) is 1. The molecule has 0 saturated carbocycles. The Hall–Kier alpha value is -1.50. The molecule has 2 fully saturated rings. The van der Waals surface area contributed by atoms with Crippen molar-refractivity contribution in [3.63, 3.8) is 0 Å². The Labute approximate surface area is 161 Å². The molecule has 3 rings (SSSR count). The molecule has 1 amide bonds. The molecule has 2 heterocycles. The number of amides is 1. The number of nitrogens with zero attached hydrogens (tertiary/aromatic N) is 2. The van der Waals surface area contributed by atoms with E-state index in [2.05, 4.69) is 29.0 Å². The first kappa shape index (κ1) is 20.2. The molecular weight excluding hydrogens is 345 g/mol. The van der Waals surface area contributed by atoms with Crippen LogP contribution in [0.3, 0.4) is 0 Å². The summed E-state index contributed by atoms with van der Waals surface area (Å²) in [6.45, 7) is 11.1. The third-order valence-electron chi connectivity index (χ3n) is 5.72. The lowest BCUT2D eigenvalue weighted by Gasteiger charge is -2.40. The van der Waals surface area contributed by atoms with Gasteiger partial charge in [-0.2, -0.15) is 0 Å². The Morgan fingerprint density at radius 2 is 1.85 bits per heavy atom. The van der Waals surface area contributed by atoms with Gasteiger partial charge in [-0.05, 0) is 64.8 Å². The molecule has 0 radical (unpaired) electrons. The summed E-state index contributed by atoms with van der Waals surface area (Å²) in [6.07, 6.45) is 2.79. The minimum absolute atomic E-state index is 0.144. The van der Waals surface area contributed by atoms with Crippen LogP contribution in [0.15, 0.2) is 24.3 Å². The zero-order valence-electron chi connectivity index (χ0n) is 16.7. The summed E-state index contributed by atoms with van der Waals surface area (Å²) in [5.41, 5.74) is 0.250. The minimum Gasteiger partial charge on any atom is -0.373 e. The second kappa shape index (κ2) is 9.13. The molecule has 3 unspecified atom stereocenters. The lowest BCUT2D eigenvalue weighted by Crippen LogP contribution is -2.50. The molecule has 2 aliphatic rings. The second-order valence-corrected chi connectivity index (χ2v) is 8.10. The fraction of sp³-hybridized carbons (Fsp3) is 0.667. The smallest absolute Gasteiger partial charge is 0.241 e. The van der Waals surface area contributed by atoms with E-state index in [0.717, 1.165) is 45.6 Å². The zero-order chi connectivity index (χ0) is 19.4. The SMILES string of the molecule is CC1CN(CC2CCN(C(C)C(=O)Nc3ccccc3F)CC2)CC(C)O1. The van der Waals surface area contributed by atoms with Crippen molar-refractivity contribution >= 4 is 11.6 Å². The molecule has 0 aliphatic carbocycles. The highest BCUT2D eigenvalue weighted by molar-refractivity contribution is 5.94. The first-order chi connectivity index (χ1) is 12.9. The van der Waals surface area contributed by atoms with Gasteiger partial charge in [0.15, 0.2) is 0 Å². The maximum atomic E-state index is 13.7. The fourth-order valence-electron chi connectivity index (χ4n) is 4.29. The number of hydrogen-bond donors (Lipinski definition) is 1. The van der Waals surface area contributed by atoms with Crippen LogP contribution in [-0.4, -0.2) is 66.7 Å². The van der Waals surface area contributed by atoms with Crippen LogP contribution in [0.25, 0.3) is 0 Å². The lowest BCUT2D eigenvalue weighted by molar-refractivity contribution is -0.121. The monoisotopic (exact) mass is 377 g/mol. The number of piperidine rings is 1. The van der Waals surface area contributed by atoms with Crippen LogP contribution in [0.5, 0.6) is 0 Å². The van der Waals surface area contributed by atoms with Crippen LogP contribution in [0, 0.1) is 11.7 Å². The molecule has 1 aromatic carbocycles. The fourth-order valence-corrected chi connectivity index (χ4v) is 4.29. The Kier molecular flexibility index (Phi) is 6.84. The van der Waals surface area contributed by atoms with Crippen molar-refractivity contribution in [3.8, 4) is 0 Å². The molecule has 2 saturated heterocycles. The Bertz CT molecular complexity index is 624. The van der Waals surface area contributed by atoms with E-state index < -0.39 is 5.82 Å². The van der Waals surface area contributed by atoms with E-state index in [4.69, 9.17) is 4.74 Å². The van der Waals surface area contributed by atoms with Crippen LogP contribution >= 0.6 is 0 Å². The number of carbonyl (C=O) groups excluding carboxylic acids is 1. The van der Waals surface area contributed by atoms with Crippen LogP contribution < -0.4 is 5.32 Å². The van der Waals surface area contributed by atoms with E-state index in [1.807, 2.05) is 6.92 Å². The van der Waals surface area contributed by atoms with Gasteiger partial charge in [0.25, 0.3) is 0 Å². The molecule has 0 bridgehead atoms. The number of anilines is 1. The molecule has 0 aromatic heterocycles. The van der Waals surface area contributed by atoms with Crippen LogP contribution in [0.1, 0.15) is 33.6 Å². The first-order valence-corrected chi connectivity index (χ1v) is 10.1. The van der Waals surface area contributed by atoms with Gasteiger partial charge in [0.2, 0.25) is 5.91 Å². The number of benzene rings is 1. The normalized spacial score (nSPS) is 26.7. The molecule has 0 spiro atoms. The van der Waals surface area contributed by atoms with E-state index >= 15 is 0 Å². The zero-order valence-corrected chi connectivity index (χ0v) is 16.7. The predicted octanol–water partition coefficient (Wildman–Crippen LogP) is 2.97. The van der Waals surface area contributed by atoms with E-state index in [-0.39, 0.29) is 17.6 Å². The molecule has 3 atom stereocenters. The number of halogens is 1. The van der Waals surface area contributed by atoms with Gasteiger partial charge in [-0.25, -0.2) is 4.39 Å². The maximum Gasteiger partial charge on any atom is 0.241 e. The molecular formula is C21H32FN3O2. The van der Waals surface area contributed by atoms with Crippen LogP contribution in [0.2, 0.25) is 0 Å². The third-order valence-corrected chi connectivity index (χ3v) is 5.72. The number of hydrogen-bond acceptors (Lipinski definition) is 4. The van der Waals surface area contributed by atoms with E-state index in [1.165, 1.54) is 6.07 Å². The minimum atomic E-state index is -0.397. The van der Waals surface area contributed by atoms with Gasteiger partial charge in [0, 0.05) is 19.6 Å². The highest BCUT2D eigenvalue weighted by atomic mass is 19.1. The third kappa shape index (κ3) is 5.50. The van der Waals surface area contributed by atoms with Crippen molar-refractivity contribution < 1.29 is 13.9 Å². The summed E-state index contributed by atoms with van der Waals surface area (Å²) in [5.74, 6) is 0.126. The number of carbonyl (C=O) groups is 1. The Morgan fingerprint density at radius 3 is 2.48 bits per heavy atom. The summed E-state index contributed by atoms with van der Waals surface area (Å²) >= 11 is 0. The van der Waals surface area contributed by atoms with Crippen molar-refractivity contribution in [1.29, 1.82) is 0 Å². The highest BCUT2D eigenvalue weighted by Gasteiger charge is 2.29. The van der Waals surface area contributed by atoms with Crippen LogP contribution in [-0.2, 0) is 9.53 Å². The van der Waals surface area contributed by atoms with Crippen molar-refractivity contribution in [1.82, 2.24) is 9.80 Å². The number of likely N-dealkylation sites (tertiary alicyclic amines) is 1. The first-order valence-electron chi connectivity index (χ1n) is 10.1. The van der Waals surface area contributed by atoms with E-state index in [0.29, 0.717) is 18.1 Å². The van der Waals surface area contributed by atoms with Gasteiger partial charge < -0.3 is 10.1 Å². The average molecular weight is 378 g/mol. The van der Waals surface area contributed by atoms with Crippen molar-refractivity contribution in [2.45, 2.75) is 51.9 Å². The largest absolute Gasteiger partial charge is 0.373 e. The summed E-state index contributed by atoms with van der Waals surface area (Å²) < 4.78 is 19.6. The number of morpholine rings is 1. The summed E-state index contributed by atoms with van der Waals surface area (Å²) in [5, 5.41) is 2.72. The van der Waals surface area contributed by atoms with Crippen molar-refractivity contribution in [2.24, 2.45) is 5.92 Å². The number of ether oxygens (including phenoxy) is 1. The Morgan fingerprint density at radius 1 is 1.22 bits per heavy atom.